The molecule has 0 aliphatic carbocycles. The number of anilines is 2. The Labute approximate surface area is 211 Å². The summed E-state index contributed by atoms with van der Waals surface area (Å²) in [5.41, 5.74) is 1.63. The third kappa shape index (κ3) is 5.38. The van der Waals surface area contributed by atoms with Crippen LogP contribution in [0, 0.1) is 0 Å². The lowest BCUT2D eigenvalue weighted by molar-refractivity contribution is -0.117. The maximum Gasteiger partial charge on any atom is 0.247 e. The van der Waals surface area contributed by atoms with Crippen LogP contribution in [-0.4, -0.2) is 60.5 Å². The van der Waals surface area contributed by atoms with Crippen LogP contribution in [0.2, 0.25) is 0 Å². The Morgan fingerprint density at radius 3 is 2.17 bits per heavy atom. The standard InChI is InChI=1S/C25H27N3O6S2/c1-26(2)36(32,33)23-13-14-24-19(17-23)15-16-27(24)25(29)18-28(35(3,30)31)20-9-11-22(12-10-20)34-21-7-5-4-6-8-21/h4-14,17H,15-16,18H2,1-3H3. The number of fused-ring (bicyclic) bond motifs is 1. The van der Waals surface area contributed by atoms with Crippen LogP contribution in [0.25, 0.3) is 0 Å². The molecule has 0 aromatic heterocycles. The molecule has 3 aromatic rings. The molecule has 0 radical (unpaired) electrons. The predicted octanol–water partition coefficient (Wildman–Crippen LogP) is 3.08. The van der Waals surface area contributed by atoms with Gasteiger partial charge >= 0.3 is 0 Å². The zero-order chi connectivity index (χ0) is 26.1. The summed E-state index contributed by atoms with van der Waals surface area (Å²) in [5, 5.41) is 0. The number of carbonyl (C=O) groups is 1. The highest BCUT2D eigenvalue weighted by Crippen LogP contribution is 2.32. The van der Waals surface area contributed by atoms with Crippen molar-refractivity contribution < 1.29 is 26.4 Å². The first kappa shape index (κ1) is 25.7. The third-order valence-electron chi connectivity index (χ3n) is 5.81. The van der Waals surface area contributed by atoms with Gasteiger partial charge in [-0.2, -0.15) is 0 Å². The summed E-state index contributed by atoms with van der Waals surface area (Å²) >= 11 is 0. The van der Waals surface area contributed by atoms with Crippen molar-refractivity contribution in [3.8, 4) is 11.5 Å². The molecular formula is C25H27N3O6S2. The minimum absolute atomic E-state index is 0.149. The molecule has 0 saturated heterocycles. The van der Waals surface area contributed by atoms with Gasteiger partial charge in [-0.05, 0) is 66.6 Å². The summed E-state index contributed by atoms with van der Waals surface area (Å²) in [5.74, 6) is 0.767. The zero-order valence-electron chi connectivity index (χ0n) is 20.2. The molecule has 1 heterocycles. The smallest absolute Gasteiger partial charge is 0.247 e. The number of rotatable bonds is 8. The Morgan fingerprint density at radius 2 is 1.56 bits per heavy atom. The van der Waals surface area contributed by atoms with Crippen molar-refractivity contribution >= 4 is 37.3 Å². The SMILES string of the molecule is CN(C)S(=O)(=O)c1ccc2c(c1)CCN2C(=O)CN(c1ccc(Oc2ccccc2)cc1)S(C)(=O)=O. The quantitative estimate of drug-likeness (QED) is 0.444. The highest BCUT2D eigenvalue weighted by Gasteiger charge is 2.30. The average molecular weight is 530 g/mol. The number of ether oxygens (including phenoxy) is 1. The monoisotopic (exact) mass is 529 g/mol. The molecule has 0 saturated carbocycles. The van der Waals surface area contributed by atoms with Crippen LogP contribution in [0.1, 0.15) is 5.56 Å². The molecular weight excluding hydrogens is 502 g/mol. The van der Waals surface area contributed by atoms with Gasteiger partial charge in [-0.3, -0.25) is 9.10 Å². The lowest BCUT2D eigenvalue weighted by atomic mass is 10.2. The van der Waals surface area contributed by atoms with Gasteiger partial charge in [0, 0.05) is 26.3 Å². The van der Waals surface area contributed by atoms with E-state index in [9.17, 15) is 21.6 Å². The number of carbonyl (C=O) groups excluding carboxylic acids is 1. The van der Waals surface area contributed by atoms with Crippen molar-refractivity contribution in [1.82, 2.24) is 4.31 Å². The third-order valence-corrected chi connectivity index (χ3v) is 8.76. The minimum atomic E-state index is -3.77. The maximum atomic E-state index is 13.2. The van der Waals surface area contributed by atoms with Crippen molar-refractivity contribution in [3.05, 3.63) is 78.4 Å². The van der Waals surface area contributed by atoms with Crippen molar-refractivity contribution in [2.75, 3.05) is 42.6 Å². The van der Waals surface area contributed by atoms with E-state index in [-0.39, 0.29) is 4.90 Å². The molecule has 0 fully saturated rings. The van der Waals surface area contributed by atoms with Crippen LogP contribution in [0.15, 0.2) is 77.7 Å². The van der Waals surface area contributed by atoms with E-state index in [1.54, 1.807) is 36.4 Å². The van der Waals surface area contributed by atoms with Gasteiger partial charge in [-0.15, -0.1) is 0 Å². The largest absolute Gasteiger partial charge is 0.457 e. The zero-order valence-corrected chi connectivity index (χ0v) is 21.8. The average Bonchev–Trinajstić information content (AvgIpc) is 3.26. The van der Waals surface area contributed by atoms with Crippen LogP contribution < -0.4 is 13.9 Å². The van der Waals surface area contributed by atoms with Crippen LogP contribution >= 0.6 is 0 Å². The molecule has 0 atom stereocenters. The van der Waals surface area contributed by atoms with Crippen LogP contribution in [-0.2, 0) is 31.3 Å². The number of para-hydroxylation sites is 1. The summed E-state index contributed by atoms with van der Waals surface area (Å²) in [6, 6.07) is 20.3. The second-order valence-electron chi connectivity index (χ2n) is 8.55. The summed E-state index contributed by atoms with van der Waals surface area (Å²) in [6.45, 7) is -0.0595. The predicted molar refractivity (Wildman–Crippen MR) is 139 cm³/mol. The van der Waals surface area contributed by atoms with Gasteiger partial charge in [0.05, 0.1) is 16.8 Å². The molecule has 36 heavy (non-hydrogen) atoms. The summed E-state index contributed by atoms with van der Waals surface area (Å²) < 4.78 is 58.0. The molecule has 1 aliphatic rings. The lowest BCUT2D eigenvalue weighted by Crippen LogP contribution is -2.42. The fourth-order valence-electron chi connectivity index (χ4n) is 3.92. The van der Waals surface area contributed by atoms with Crippen LogP contribution in [0.3, 0.4) is 0 Å². The molecule has 0 spiro atoms. The van der Waals surface area contributed by atoms with Gasteiger partial charge in [0.2, 0.25) is 26.0 Å². The fraction of sp³-hybridized carbons (Fsp3) is 0.240. The van der Waals surface area contributed by atoms with Crippen molar-refractivity contribution in [2.24, 2.45) is 0 Å². The van der Waals surface area contributed by atoms with Crippen molar-refractivity contribution in [3.63, 3.8) is 0 Å². The van der Waals surface area contributed by atoms with Crippen molar-refractivity contribution in [2.45, 2.75) is 11.3 Å². The second kappa shape index (κ2) is 9.92. The highest BCUT2D eigenvalue weighted by atomic mass is 32.2. The topological polar surface area (TPSA) is 104 Å². The number of sulfonamides is 2. The molecule has 1 amide bonds. The van der Waals surface area contributed by atoms with E-state index in [1.807, 2.05) is 30.3 Å². The normalized spacial score (nSPS) is 13.5. The van der Waals surface area contributed by atoms with Gasteiger partial charge in [0.25, 0.3) is 0 Å². The molecule has 11 heteroatoms. The first-order chi connectivity index (χ1) is 17.0. The number of benzene rings is 3. The Morgan fingerprint density at radius 1 is 0.917 bits per heavy atom. The van der Waals surface area contributed by atoms with E-state index in [4.69, 9.17) is 4.74 Å². The minimum Gasteiger partial charge on any atom is -0.457 e. The summed E-state index contributed by atoms with van der Waals surface area (Å²) in [6.07, 6.45) is 1.52. The first-order valence-corrected chi connectivity index (χ1v) is 14.4. The van der Waals surface area contributed by atoms with E-state index in [0.717, 1.165) is 20.4 Å². The Hall–Kier alpha value is -3.41. The number of hydrogen-bond acceptors (Lipinski definition) is 6. The number of amides is 1. The highest BCUT2D eigenvalue weighted by molar-refractivity contribution is 7.92. The van der Waals surface area contributed by atoms with Gasteiger partial charge in [0.1, 0.15) is 18.0 Å². The maximum absolute atomic E-state index is 13.2. The fourth-order valence-corrected chi connectivity index (χ4v) is 5.72. The summed E-state index contributed by atoms with van der Waals surface area (Å²) in [4.78, 5) is 14.8. The summed E-state index contributed by atoms with van der Waals surface area (Å²) in [7, 11) is -4.46. The lowest BCUT2D eigenvalue weighted by Gasteiger charge is -2.25. The van der Waals surface area contributed by atoms with E-state index in [2.05, 4.69) is 0 Å². The molecule has 0 unspecified atom stereocenters. The molecule has 1 aliphatic heterocycles. The Kier molecular flexibility index (Phi) is 7.07. The molecule has 0 bridgehead atoms. The van der Waals surface area contributed by atoms with Crippen LogP contribution in [0.4, 0.5) is 11.4 Å². The van der Waals surface area contributed by atoms with Gasteiger partial charge in [0.15, 0.2) is 0 Å². The molecule has 190 valence electrons. The van der Waals surface area contributed by atoms with E-state index in [0.29, 0.717) is 35.8 Å². The number of nitrogens with zero attached hydrogens (tertiary/aromatic N) is 3. The number of hydrogen-bond donors (Lipinski definition) is 0. The Balaban J connectivity index is 1.53. The second-order valence-corrected chi connectivity index (χ2v) is 12.6. The molecule has 4 rings (SSSR count). The first-order valence-electron chi connectivity index (χ1n) is 11.1. The molecule has 3 aromatic carbocycles. The van der Waals surface area contributed by atoms with E-state index in [1.165, 1.54) is 25.1 Å². The van der Waals surface area contributed by atoms with E-state index < -0.39 is 32.5 Å². The van der Waals surface area contributed by atoms with Crippen LogP contribution in [0.5, 0.6) is 11.5 Å². The van der Waals surface area contributed by atoms with Gasteiger partial charge in [-0.1, -0.05) is 18.2 Å². The van der Waals surface area contributed by atoms with Gasteiger partial charge in [-0.25, -0.2) is 21.1 Å². The van der Waals surface area contributed by atoms with Gasteiger partial charge < -0.3 is 9.64 Å². The Bertz CT molecular complexity index is 1470. The molecule has 9 nitrogen and oxygen atoms in total. The molecule has 0 N–H and O–H groups in total. The van der Waals surface area contributed by atoms with Crippen molar-refractivity contribution in [1.29, 1.82) is 0 Å². The van der Waals surface area contributed by atoms with E-state index >= 15 is 0 Å².